The van der Waals surface area contributed by atoms with Gasteiger partial charge in [-0.15, -0.1) is 0 Å². The number of rotatable bonds is 5. The molecule has 0 radical (unpaired) electrons. The Labute approximate surface area is 102 Å². The fourth-order valence-corrected chi connectivity index (χ4v) is 1.35. The molecule has 3 N–H and O–H groups in total. The van der Waals surface area contributed by atoms with E-state index in [0.717, 1.165) is 5.56 Å². The van der Waals surface area contributed by atoms with Gasteiger partial charge in [-0.3, -0.25) is 0 Å². The van der Waals surface area contributed by atoms with Crippen molar-refractivity contribution in [2.24, 2.45) is 0 Å². The monoisotopic (exact) mass is 239 g/mol. The van der Waals surface area contributed by atoms with Crippen LogP contribution < -0.4 is 10.1 Å². The molecular weight excluding hydrogens is 218 g/mol. The van der Waals surface area contributed by atoms with Gasteiger partial charge in [0.1, 0.15) is 0 Å². The molecule has 4 heteroatoms. The van der Waals surface area contributed by atoms with Crippen LogP contribution in [-0.2, 0) is 6.54 Å². The summed E-state index contributed by atoms with van der Waals surface area (Å²) in [6, 6.07) is 5.35. The molecule has 0 bridgehead atoms. The minimum Gasteiger partial charge on any atom is -0.504 e. The van der Waals surface area contributed by atoms with Gasteiger partial charge in [0, 0.05) is 17.6 Å². The van der Waals surface area contributed by atoms with E-state index in [0.29, 0.717) is 12.3 Å². The third kappa shape index (κ3) is 3.35. The number of phenolic OH excluding ortho intramolecular Hbond substituents is 1. The van der Waals surface area contributed by atoms with Crippen LogP contribution in [0.3, 0.4) is 0 Å². The van der Waals surface area contributed by atoms with Gasteiger partial charge in [-0.2, -0.15) is 0 Å². The van der Waals surface area contributed by atoms with E-state index in [4.69, 9.17) is 4.74 Å². The maximum absolute atomic E-state index is 9.90. The lowest BCUT2D eigenvalue weighted by atomic mass is 9.98. The number of nitrogens with one attached hydrogen (secondary N) is 1. The molecule has 0 aromatic heterocycles. The summed E-state index contributed by atoms with van der Waals surface area (Å²) in [4.78, 5) is 0. The molecule has 1 aromatic carbocycles. The molecule has 0 aliphatic rings. The molecule has 1 aromatic rings. The lowest BCUT2D eigenvalue weighted by molar-refractivity contribution is 0.0954. The lowest BCUT2D eigenvalue weighted by Gasteiger charge is -2.29. The summed E-state index contributed by atoms with van der Waals surface area (Å²) in [7, 11) is 1.52. The number of methoxy groups -OCH3 is 1. The smallest absolute Gasteiger partial charge is 0.162 e. The highest BCUT2D eigenvalue weighted by atomic mass is 16.5. The van der Waals surface area contributed by atoms with Gasteiger partial charge < -0.3 is 20.3 Å². The SMILES string of the molecule is COc1cccc(CNC(C)(C)C(C)O)c1O. The van der Waals surface area contributed by atoms with Crippen LogP contribution in [0.4, 0.5) is 0 Å². The van der Waals surface area contributed by atoms with E-state index in [2.05, 4.69) is 5.32 Å². The minimum absolute atomic E-state index is 0.142. The van der Waals surface area contributed by atoms with E-state index in [-0.39, 0.29) is 5.75 Å². The van der Waals surface area contributed by atoms with Crippen LogP contribution in [0.15, 0.2) is 18.2 Å². The molecular formula is C13H21NO3. The first-order valence-electron chi connectivity index (χ1n) is 5.66. The van der Waals surface area contributed by atoms with Crippen LogP contribution in [0.2, 0.25) is 0 Å². The summed E-state index contributed by atoms with van der Waals surface area (Å²) in [5.74, 6) is 0.600. The van der Waals surface area contributed by atoms with Crippen LogP contribution in [-0.4, -0.2) is 29.0 Å². The van der Waals surface area contributed by atoms with Gasteiger partial charge in [-0.1, -0.05) is 12.1 Å². The van der Waals surface area contributed by atoms with Crippen molar-refractivity contribution in [3.05, 3.63) is 23.8 Å². The van der Waals surface area contributed by atoms with Crippen LogP contribution in [0.5, 0.6) is 11.5 Å². The highest BCUT2D eigenvalue weighted by Gasteiger charge is 2.23. The standard InChI is InChI=1S/C13H21NO3/c1-9(15)13(2,3)14-8-10-6-5-7-11(17-4)12(10)16/h5-7,9,14-16H,8H2,1-4H3. The zero-order chi connectivity index (χ0) is 13.1. The quantitative estimate of drug-likeness (QED) is 0.731. The van der Waals surface area contributed by atoms with Gasteiger partial charge in [-0.05, 0) is 26.8 Å². The predicted octanol–water partition coefficient (Wildman–Crippen LogP) is 1.65. The summed E-state index contributed by atoms with van der Waals surface area (Å²) >= 11 is 0. The minimum atomic E-state index is -0.477. The van der Waals surface area contributed by atoms with Gasteiger partial charge in [0.25, 0.3) is 0 Å². The van der Waals surface area contributed by atoms with Crippen molar-refractivity contribution < 1.29 is 14.9 Å². The van der Waals surface area contributed by atoms with E-state index in [1.54, 1.807) is 13.0 Å². The molecule has 17 heavy (non-hydrogen) atoms. The van der Waals surface area contributed by atoms with Crippen LogP contribution in [0.25, 0.3) is 0 Å². The fraction of sp³-hybridized carbons (Fsp3) is 0.538. The van der Waals surface area contributed by atoms with E-state index in [1.807, 2.05) is 26.0 Å². The first-order valence-corrected chi connectivity index (χ1v) is 5.66. The number of para-hydroxylation sites is 1. The molecule has 0 heterocycles. The summed E-state index contributed by atoms with van der Waals surface area (Å²) in [6.07, 6.45) is -0.477. The Kier molecular flexibility index (Phi) is 4.37. The molecule has 1 rings (SSSR count). The first kappa shape index (κ1) is 13.8. The zero-order valence-electron chi connectivity index (χ0n) is 10.8. The molecule has 0 saturated heterocycles. The van der Waals surface area contributed by atoms with Gasteiger partial charge in [0.2, 0.25) is 0 Å². The topological polar surface area (TPSA) is 61.7 Å². The maximum Gasteiger partial charge on any atom is 0.162 e. The molecule has 0 aliphatic carbocycles. The molecule has 0 fully saturated rings. The second-order valence-electron chi connectivity index (χ2n) is 4.72. The van der Waals surface area contributed by atoms with Crippen LogP contribution in [0, 0.1) is 0 Å². The Balaban J connectivity index is 2.76. The van der Waals surface area contributed by atoms with Crippen molar-refractivity contribution in [1.82, 2.24) is 5.32 Å². The molecule has 4 nitrogen and oxygen atoms in total. The van der Waals surface area contributed by atoms with Crippen LogP contribution in [0.1, 0.15) is 26.3 Å². The summed E-state index contributed by atoms with van der Waals surface area (Å²) in [5.41, 5.74) is 0.341. The number of benzene rings is 1. The van der Waals surface area contributed by atoms with E-state index in [1.165, 1.54) is 7.11 Å². The third-order valence-electron chi connectivity index (χ3n) is 3.08. The van der Waals surface area contributed by atoms with E-state index >= 15 is 0 Å². The van der Waals surface area contributed by atoms with Crippen molar-refractivity contribution in [3.8, 4) is 11.5 Å². The van der Waals surface area contributed by atoms with Gasteiger partial charge in [0.15, 0.2) is 11.5 Å². The van der Waals surface area contributed by atoms with Gasteiger partial charge in [-0.25, -0.2) is 0 Å². The van der Waals surface area contributed by atoms with Gasteiger partial charge >= 0.3 is 0 Å². The van der Waals surface area contributed by atoms with Crippen molar-refractivity contribution in [3.63, 3.8) is 0 Å². The largest absolute Gasteiger partial charge is 0.504 e. The Hall–Kier alpha value is -1.26. The van der Waals surface area contributed by atoms with Crippen LogP contribution >= 0.6 is 0 Å². The van der Waals surface area contributed by atoms with E-state index in [9.17, 15) is 10.2 Å². The van der Waals surface area contributed by atoms with Crippen molar-refractivity contribution in [2.45, 2.75) is 39.0 Å². The summed E-state index contributed by atoms with van der Waals surface area (Å²) in [5, 5.41) is 22.7. The number of hydrogen-bond acceptors (Lipinski definition) is 4. The molecule has 0 saturated carbocycles. The van der Waals surface area contributed by atoms with Gasteiger partial charge in [0.05, 0.1) is 13.2 Å². The average Bonchev–Trinajstić information content (AvgIpc) is 2.27. The summed E-state index contributed by atoms with van der Waals surface area (Å²) < 4.78 is 5.04. The van der Waals surface area contributed by atoms with Crippen molar-refractivity contribution in [1.29, 1.82) is 0 Å². The maximum atomic E-state index is 9.90. The molecule has 0 amide bonds. The van der Waals surface area contributed by atoms with E-state index < -0.39 is 11.6 Å². The number of aromatic hydroxyl groups is 1. The summed E-state index contributed by atoms with van der Waals surface area (Å²) in [6.45, 7) is 6.03. The Bertz CT molecular complexity index is 375. The second kappa shape index (κ2) is 5.38. The molecule has 0 aliphatic heterocycles. The average molecular weight is 239 g/mol. The highest BCUT2D eigenvalue weighted by molar-refractivity contribution is 5.45. The zero-order valence-corrected chi connectivity index (χ0v) is 10.8. The lowest BCUT2D eigenvalue weighted by Crippen LogP contribution is -2.47. The second-order valence-corrected chi connectivity index (χ2v) is 4.72. The highest BCUT2D eigenvalue weighted by Crippen LogP contribution is 2.29. The number of aliphatic hydroxyl groups is 1. The molecule has 0 spiro atoms. The number of ether oxygens (including phenoxy) is 1. The van der Waals surface area contributed by atoms with Crippen molar-refractivity contribution in [2.75, 3.05) is 7.11 Å². The Morgan fingerprint density at radius 2 is 2.06 bits per heavy atom. The Morgan fingerprint density at radius 3 is 2.59 bits per heavy atom. The third-order valence-corrected chi connectivity index (χ3v) is 3.08. The first-order chi connectivity index (χ1) is 7.88. The normalized spacial score (nSPS) is 13.5. The Morgan fingerprint density at radius 1 is 1.41 bits per heavy atom. The number of hydrogen-bond donors (Lipinski definition) is 3. The fourth-order valence-electron chi connectivity index (χ4n) is 1.35. The number of phenols is 1. The molecule has 96 valence electrons. The predicted molar refractivity (Wildman–Crippen MR) is 67.3 cm³/mol. The molecule has 1 atom stereocenters. The number of aliphatic hydroxyl groups excluding tert-OH is 1. The van der Waals surface area contributed by atoms with Crippen molar-refractivity contribution >= 4 is 0 Å². The molecule has 1 unspecified atom stereocenters.